The minimum absolute atomic E-state index is 0.0869. The molecule has 1 aliphatic heterocycles. The molecule has 0 saturated carbocycles. The third kappa shape index (κ3) is 6.99. The van der Waals surface area contributed by atoms with Gasteiger partial charge in [-0.1, -0.05) is 26.0 Å². The van der Waals surface area contributed by atoms with Crippen molar-refractivity contribution in [1.29, 1.82) is 0 Å². The summed E-state index contributed by atoms with van der Waals surface area (Å²) in [6, 6.07) is 6.77. The summed E-state index contributed by atoms with van der Waals surface area (Å²) in [7, 11) is 0. The number of benzene rings is 1. The van der Waals surface area contributed by atoms with Crippen LogP contribution in [0.1, 0.15) is 56.0 Å². The molecule has 0 aliphatic carbocycles. The number of carbonyl (C=O) groups is 2. The standard InChI is InChI=1S/C25H33F3N4O3/c1-4-30-11-7-8-12-32(23(33)16-31-15-19(14-29-31)25(26,27)28)20(13-18(2)3)17-35-22-10-6-5-9-21(22)24(30)34/h5-6,9-10,14-15,18,20H,4,7-8,11-13,16-17H2,1-3H3/t20-/m0/s1. The van der Waals surface area contributed by atoms with Crippen LogP contribution < -0.4 is 4.74 Å². The molecule has 0 saturated heterocycles. The number of halogens is 3. The Bertz CT molecular complexity index is 1010. The van der Waals surface area contributed by atoms with Crippen LogP contribution in [0.4, 0.5) is 13.2 Å². The Balaban J connectivity index is 1.87. The molecule has 2 aromatic rings. The molecule has 7 nitrogen and oxygen atoms in total. The van der Waals surface area contributed by atoms with E-state index in [0.717, 1.165) is 17.1 Å². The predicted molar refractivity (Wildman–Crippen MR) is 125 cm³/mol. The first-order valence-electron chi connectivity index (χ1n) is 12.0. The van der Waals surface area contributed by atoms with E-state index >= 15 is 0 Å². The fourth-order valence-corrected chi connectivity index (χ4v) is 4.28. The molecule has 0 N–H and O–H groups in total. The Morgan fingerprint density at radius 3 is 2.57 bits per heavy atom. The number of carbonyl (C=O) groups excluding carboxylic acids is 2. The van der Waals surface area contributed by atoms with Gasteiger partial charge in [-0.05, 0) is 44.2 Å². The molecule has 0 bridgehead atoms. The van der Waals surface area contributed by atoms with E-state index in [1.165, 1.54) is 0 Å². The third-order valence-corrected chi connectivity index (χ3v) is 6.06. The second-order valence-corrected chi connectivity index (χ2v) is 9.19. The molecule has 10 heteroatoms. The van der Waals surface area contributed by atoms with Gasteiger partial charge in [-0.25, -0.2) is 0 Å². The van der Waals surface area contributed by atoms with Gasteiger partial charge in [-0.3, -0.25) is 14.3 Å². The number of rotatable bonds is 5. The van der Waals surface area contributed by atoms with Crippen LogP contribution in [-0.4, -0.2) is 63.7 Å². The number of aromatic nitrogens is 2. The molecule has 0 spiro atoms. The van der Waals surface area contributed by atoms with E-state index in [-0.39, 0.29) is 36.9 Å². The predicted octanol–water partition coefficient (Wildman–Crippen LogP) is 4.48. The smallest absolute Gasteiger partial charge is 0.419 e. The molecule has 0 unspecified atom stereocenters. The topological polar surface area (TPSA) is 67.7 Å². The first-order valence-corrected chi connectivity index (χ1v) is 12.0. The van der Waals surface area contributed by atoms with E-state index in [1.807, 2.05) is 20.8 Å². The fourth-order valence-electron chi connectivity index (χ4n) is 4.28. The zero-order chi connectivity index (χ0) is 25.6. The quantitative estimate of drug-likeness (QED) is 0.615. The van der Waals surface area contributed by atoms with Gasteiger partial charge in [0.15, 0.2) is 0 Å². The van der Waals surface area contributed by atoms with Gasteiger partial charge < -0.3 is 14.5 Å². The van der Waals surface area contributed by atoms with Crippen molar-refractivity contribution in [2.24, 2.45) is 5.92 Å². The zero-order valence-electron chi connectivity index (χ0n) is 20.4. The summed E-state index contributed by atoms with van der Waals surface area (Å²) >= 11 is 0. The monoisotopic (exact) mass is 494 g/mol. The number of ether oxygens (including phenoxy) is 1. The van der Waals surface area contributed by atoms with Gasteiger partial charge >= 0.3 is 6.18 Å². The molecular weight excluding hydrogens is 461 g/mol. The van der Waals surface area contributed by atoms with Gasteiger partial charge in [-0.15, -0.1) is 0 Å². The highest BCUT2D eigenvalue weighted by Crippen LogP contribution is 2.28. The highest BCUT2D eigenvalue weighted by molar-refractivity contribution is 5.96. The lowest BCUT2D eigenvalue weighted by Crippen LogP contribution is -2.47. The number of fused-ring (bicyclic) bond motifs is 1. The van der Waals surface area contributed by atoms with Gasteiger partial charge in [0.1, 0.15) is 18.9 Å². The van der Waals surface area contributed by atoms with Crippen LogP contribution in [0.2, 0.25) is 0 Å². The van der Waals surface area contributed by atoms with Gasteiger partial charge in [0.25, 0.3) is 5.91 Å². The lowest BCUT2D eigenvalue weighted by Gasteiger charge is -2.34. The van der Waals surface area contributed by atoms with E-state index in [0.29, 0.717) is 50.2 Å². The second-order valence-electron chi connectivity index (χ2n) is 9.19. The Morgan fingerprint density at radius 1 is 1.20 bits per heavy atom. The normalized spacial score (nSPS) is 18.0. The molecule has 1 aliphatic rings. The molecule has 35 heavy (non-hydrogen) atoms. The van der Waals surface area contributed by atoms with Crippen molar-refractivity contribution in [3.8, 4) is 5.75 Å². The molecule has 2 heterocycles. The van der Waals surface area contributed by atoms with Crippen molar-refractivity contribution in [2.75, 3.05) is 26.2 Å². The highest BCUT2D eigenvalue weighted by atomic mass is 19.4. The van der Waals surface area contributed by atoms with Crippen molar-refractivity contribution in [2.45, 2.75) is 58.8 Å². The number of hydrogen-bond acceptors (Lipinski definition) is 4. The molecule has 0 radical (unpaired) electrons. The van der Waals surface area contributed by atoms with E-state index in [4.69, 9.17) is 4.74 Å². The molecular formula is C25H33F3N4O3. The van der Waals surface area contributed by atoms with Crippen LogP contribution in [0.5, 0.6) is 5.75 Å². The Hall–Kier alpha value is -3.04. The summed E-state index contributed by atoms with van der Waals surface area (Å²) in [5.74, 6) is 0.307. The second kappa shape index (κ2) is 11.6. The van der Waals surface area contributed by atoms with Crippen LogP contribution >= 0.6 is 0 Å². The first-order chi connectivity index (χ1) is 16.6. The summed E-state index contributed by atoms with van der Waals surface area (Å²) in [5.41, 5.74) is -0.408. The maximum atomic E-state index is 13.3. The average molecular weight is 495 g/mol. The maximum Gasteiger partial charge on any atom is 0.419 e. The van der Waals surface area contributed by atoms with Gasteiger partial charge in [0.05, 0.1) is 23.4 Å². The van der Waals surface area contributed by atoms with Crippen LogP contribution in [0.15, 0.2) is 36.7 Å². The highest BCUT2D eigenvalue weighted by Gasteiger charge is 2.33. The number of para-hydroxylation sites is 1. The lowest BCUT2D eigenvalue weighted by atomic mass is 10.0. The van der Waals surface area contributed by atoms with E-state index in [1.54, 1.807) is 34.1 Å². The van der Waals surface area contributed by atoms with E-state index in [2.05, 4.69) is 5.10 Å². The average Bonchev–Trinajstić information content (AvgIpc) is 3.27. The molecule has 1 aromatic heterocycles. The van der Waals surface area contributed by atoms with Crippen LogP contribution in [-0.2, 0) is 17.5 Å². The molecule has 192 valence electrons. The fraction of sp³-hybridized carbons (Fsp3) is 0.560. The number of amides is 2. The van der Waals surface area contributed by atoms with E-state index < -0.39 is 11.7 Å². The van der Waals surface area contributed by atoms with Crippen molar-refractivity contribution >= 4 is 11.8 Å². The molecule has 0 fully saturated rings. The Labute approximate surface area is 203 Å². The molecule has 2 amide bonds. The number of alkyl halides is 3. The van der Waals surface area contributed by atoms with Crippen molar-refractivity contribution in [1.82, 2.24) is 19.6 Å². The number of hydrogen-bond donors (Lipinski definition) is 0. The minimum Gasteiger partial charge on any atom is -0.491 e. The van der Waals surface area contributed by atoms with Gasteiger partial charge in [-0.2, -0.15) is 18.3 Å². The Morgan fingerprint density at radius 2 is 1.91 bits per heavy atom. The van der Waals surface area contributed by atoms with Crippen molar-refractivity contribution < 1.29 is 27.5 Å². The number of nitrogens with zero attached hydrogens (tertiary/aromatic N) is 4. The van der Waals surface area contributed by atoms with Crippen LogP contribution in [0, 0.1) is 5.92 Å². The van der Waals surface area contributed by atoms with Crippen LogP contribution in [0.25, 0.3) is 0 Å². The summed E-state index contributed by atoms with van der Waals surface area (Å²) < 4.78 is 46.0. The zero-order valence-corrected chi connectivity index (χ0v) is 20.4. The maximum absolute atomic E-state index is 13.3. The van der Waals surface area contributed by atoms with Gasteiger partial charge in [0, 0.05) is 25.8 Å². The molecule has 1 atom stereocenters. The summed E-state index contributed by atoms with van der Waals surface area (Å²) in [6.45, 7) is 7.38. The minimum atomic E-state index is -4.52. The van der Waals surface area contributed by atoms with Crippen molar-refractivity contribution in [3.63, 3.8) is 0 Å². The van der Waals surface area contributed by atoms with Crippen LogP contribution in [0.3, 0.4) is 0 Å². The summed E-state index contributed by atoms with van der Waals surface area (Å²) in [6.07, 6.45) is -0.941. The Kier molecular flexibility index (Phi) is 8.80. The molecule has 3 rings (SSSR count). The third-order valence-electron chi connectivity index (χ3n) is 6.06. The lowest BCUT2D eigenvalue weighted by molar-refractivity contribution is -0.138. The SMILES string of the molecule is CCN1CCCCN(C(=O)Cn2cc(C(F)(F)F)cn2)[C@@H](CC(C)C)COc2ccccc2C1=O. The van der Waals surface area contributed by atoms with Gasteiger partial charge in [0.2, 0.25) is 5.91 Å². The summed E-state index contributed by atoms with van der Waals surface area (Å²) in [5, 5.41) is 3.74. The summed E-state index contributed by atoms with van der Waals surface area (Å²) in [4.78, 5) is 29.9. The van der Waals surface area contributed by atoms with Crippen molar-refractivity contribution in [3.05, 3.63) is 47.8 Å². The van der Waals surface area contributed by atoms with E-state index in [9.17, 15) is 22.8 Å². The largest absolute Gasteiger partial charge is 0.491 e. The molecule has 1 aromatic carbocycles. The first kappa shape index (κ1) is 26.6.